The quantitative estimate of drug-likeness (QED) is 0.906. The van der Waals surface area contributed by atoms with E-state index in [-0.39, 0.29) is 6.04 Å². The number of hydrogen-bond donors (Lipinski definition) is 1. The molecule has 1 saturated heterocycles. The molecular formula is C16H24N2O. The third-order valence-corrected chi connectivity index (χ3v) is 4.92. The van der Waals surface area contributed by atoms with Crippen molar-refractivity contribution in [3.05, 3.63) is 29.3 Å². The first kappa shape index (κ1) is 12.9. The summed E-state index contributed by atoms with van der Waals surface area (Å²) in [5, 5.41) is 0. The van der Waals surface area contributed by atoms with Crippen LogP contribution in [0.3, 0.4) is 0 Å². The Morgan fingerprint density at radius 2 is 2.26 bits per heavy atom. The summed E-state index contributed by atoms with van der Waals surface area (Å²) < 4.78 is 5.31. The number of methoxy groups -OCH3 is 1. The Kier molecular flexibility index (Phi) is 3.50. The van der Waals surface area contributed by atoms with Crippen LogP contribution in [-0.2, 0) is 6.42 Å². The molecule has 0 spiro atoms. The second-order valence-electron chi connectivity index (χ2n) is 5.92. The monoisotopic (exact) mass is 260 g/mol. The van der Waals surface area contributed by atoms with Gasteiger partial charge in [0.1, 0.15) is 5.75 Å². The van der Waals surface area contributed by atoms with Gasteiger partial charge in [-0.2, -0.15) is 0 Å². The molecule has 0 radical (unpaired) electrons. The Bertz CT molecular complexity index is 460. The van der Waals surface area contributed by atoms with Crippen LogP contribution in [0, 0.1) is 5.92 Å². The molecule has 0 amide bonds. The Morgan fingerprint density at radius 3 is 2.95 bits per heavy atom. The summed E-state index contributed by atoms with van der Waals surface area (Å²) in [6.07, 6.45) is 3.72. The summed E-state index contributed by atoms with van der Waals surface area (Å²) in [7, 11) is 1.71. The number of nitrogens with zero attached hydrogens (tertiary/aromatic N) is 1. The predicted octanol–water partition coefficient (Wildman–Crippen LogP) is 2.35. The highest BCUT2D eigenvalue weighted by molar-refractivity contribution is 5.42. The van der Waals surface area contributed by atoms with Gasteiger partial charge >= 0.3 is 0 Å². The van der Waals surface area contributed by atoms with Gasteiger partial charge in [-0.15, -0.1) is 0 Å². The van der Waals surface area contributed by atoms with Gasteiger partial charge in [-0.25, -0.2) is 0 Å². The molecule has 1 aromatic rings. The first-order valence-electron chi connectivity index (χ1n) is 7.39. The van der Waals surface area contributed by atoms with Crippen molar-refractivity contribution in [1.29, 1.82) is 0 Å². The maximum absolute atomic E-state index is 6.48. The number of hydrogen-bond acceptors (Lipinski definition) is 3. The van der Waals surface area contributed by atoms with Crippen molar-refractivity contribution in [1.82, 2.24) is 4.90 Å². The van der Waals surface area contributed by atoms with Gasteiger partial charge < -0.3 is 10.5 Å². The highest BCUT2D eigenvalue weighted by Crippen LogP contribution is 2.37. The molecule has 19 heavy (non-hydrogen) atoms. The van der Waals surface area contributed by atoms with Crippen LogP contribution in [0.4, 0.5) is 0 Å². The van der Waals surface area contributed by atoms with Crippen molar-refractivity contribution in [3.63, 3.8) is 0 Å². The van der Waals surface area contributed by atoms with Crippen molar-refractivity contribution in [2.75, 3.05) is 20.2 Å². The van der Waals surface area contributed by atoms with Gasteiger partial charge in [0.15, 0.2) is 0 Å². The number of ether oxygens (including phenoxy) is 1. The lowest BCUT2D eigenvalue weighted by molar-refractivity contribution is 0.214. The standard InChI is InChI=1S/C16H24N2O/c1-3-11-6-7-18(10-11)15-8-12-4-5-13(19-2)9-14(12)16(15)17/h4-5,9,11,15-16H,3,6-8,10,17H2,1-2H3. The fourth-order valence-corrected chi connectivity index (χ4v) is 3.61. The highest BCUT2D eigenvalue weighted by Gasteiger charge is 2.37. The Hall–Kier alpha value is -1.06. The van der Waals surface area contributed by atoms with Gasteiger partial charge in [0.2, 0.25) is 0 Å². The fourth-order valence-electron chi connectivity index (χ4n) is 3.61. The second kappa shape index (κ2) is 5.14. The Balaban J connectivity index is 1.77. The average Bonchev–Trinajstić information content (AvgIpc) is 3.03. The normalized spacial score (nSPS) is 30.6. The molecule has 0 aromatic heterocycles. The van der Waals surface area contributed by atoms with E-state index in [9.17, 15) is 0 Å². The van der Waals surface area contributed by atoms with Crippen molar-refractivity contribution >= 4 is 0 Å². The van der Waals surface area contributed by atoms with Crippen LogP contribution in [-0.4, -0.2) is 31.1 Å². The predicted molar refractivity (Wildman–Crippen MR) is 77.4 cm³/mol. The van der Waals surface area contributed by atoms with E-state index in [0.29, 0.717) is 6.04 Å². The van der Waals surface area contributed by atoms with Crippen molar-refractivity contribution in [2.45, 2.75) is 38.3 Å². The maximum Gasteiger partial charge on any atom is 0.119 e. The zero-order valence-corrected chi connectivity index (χ0v) is 11.9. The average molecular weight is 260 g/mol. The van der Waals surface area contributed by atoms with Gasteiger partial charge in [0.25, 0.3) is 0 Å². The Morgan fingerprint density at radius 1 is 1.42 bits per heavy atom. The zero-order chi connectivity index (χ0) is 13.4. The van der Waals surface area contributed by atoms with Gasteiger partial charge in [0, 0.05) is 18.6 Å². The molecule has 3 atom stereocenters. The molecule has 3 heteroatoms. The van der Waals surface area contributed by atoms with Crippen LogP contribution in [0.5, 0.6) is 5.75 Å². The molecule has 1 fully saturated rings. The lowest BCUT2D eigenvalue weighted by Crippen LogP contribution is -2.39. The molecule has 2 aliphatic rings. The van der Waals surface area contributed by atoms with E-state index in [0.717, 1.165) is 18.1 Å². The van der Waals surface area contributed by atoms with E-state index in [4.69, 9.17) is 10.5 Å². The van der Waals surface area contributed by atoms with Gasteiger partial charge in [-0.1, -0.05) is 19.4 Å². The molecule has 1 aromatic carbocycles. The number of nitrogens with two attached hydrogens (primary N) is 1. The molecule has 1 heterocycles. The SMILES string of the molecule is CCC1CCN(C2Cc3ccc(OC)cc3C2N)C1. The van der Waals surface area contributed by atoms with Crippen LogP contribution < -0.4 is 10.5 Å². The third-order valence-electron chi connectivity index (χ3n) is 4.92. The second-order valence-corrected chi connectivity index (χ2v) is 5.92. The van der Waals surface area contributed by atoms with Gasteiger partial charge in [-0.3, -0.25) is 4.90 Å². The lowest BCUT2D eigenvalue weighted by atomic mass is 10.1. The van der Waals surface area contributed by atoms with Crippen LogP contribution in [0.25, 0.3) is 0 Å². The summed E-state index contributed by atoms with van der Waals surface area (Å²) in [6.45, 7) is 4.73. The van der Waals surface area contributed by atoms with E-state index in [1.165, 1.54) is 37.1 Å². The van der Waals surface area contributed by atoms with Gasteiger partial charge in [-0.05, 0) is 48.6 Å². The summed E-state index contributed by atoms with van der Waals surface area (Å²) in [5.74, 6) is 1.79. The molecule has 0 saturated carbocycles. The van der Waals surface area contributed by atoms with E-state index >= 15 is 0 Å². The van der Waals surface area contributed by atoms with Crippen molar-refractivity contribution in [2.24, 2.45) is 11.7 Å². The first-order chi connectivity index (χ1) is 9.22. The number of likely N-dealkylation sites (tertiary alicyclic amines) is 1. The first-order valence-corrected chi connectivity index (χ1v) is 7.39. The third kappa shape index (κ3) is 2.26. The molecule has 3 rings (SSSR count). The van der Waals surface area contributed by atoms with Gasteiger partial charge in [0.05, 0.1) is 7.11 Å². The van der Waals surface area contributed by atoms with Crippen LogP contribution in [0.15, 0.2) is 18.2 Å². The topological polar surface area (TPSA) is 38.5 Å². The summed E-state index contributed by atoms with van der Waals surface area (Å²) in [6, 6.07) is 6.97. The smallest absolute Gasteiger partial charge is 0.119 e. The summed E-state index contributed by atoms with van der Waals surface area (Å²) in [5.41, 5.74) is 9.17. The van der Waals surface area contributed by atoms with E-state index in [1.54, 1.807) is 7.11 Å². The molecule has 2 N–H and O–H groups in total. The fraction of sp³-hybridized carbons (Fsp3) is 0.625. The largest absolute Gasteiger partial charge is 0.497 e. The molecular weight excluding hydrogens is 236 g/mol. The minimum Gasteiger partial charge on any atom is -0.497 e. The number of benzene rings is 1. The molecule has 1 aliphatic heterocycles. The summed E-state index contributed by atoms with van der Waals surface area (Å²) in [4.78, 5) is 2.60. The molecule has 1 aliphatic carbocycles. The minimum absolute atomic E-state index is 0.140. The Labute approximate surface area is 115 Å². The molecule has 3 unspecified atom stereocenters. The zero-order valence-electron chi connectivity index (χ0n) is 11.9. The van der Waals surface area contributed by atoms with Crippen LogP contribution in [0.2, 0.25) is 0 Å². The highest BCUT2D eigenvalue weighted by atomic mass is 16.5. The van der Waals surface area contributed by atoms with E-state index in [1.807, 2.05) is 6.07 Å². The molecule has 0 bridgehead atoms. The minimum atomic E-state index is 0.140. The van der Waals surface area contributed by atoms with Crippen LogP contribution in [0.1, 0.15) is 36.9 Å². The molecule has 3 nitrogen and oxygen atoms in total. The maximum atomic E-state index is 6.48. The number of rotatable bonds is 3. The van der Waals surface area contributed by atoms with E-state index < -0.39 is 0 Å². The van der Waals surface area contributed by atoms with Crippen molar-refractivity contribution in [3.8, 4) is 5.75 Å². The lowest BCUT2D eigenvalue weighted by Gasteiger charge is -2.27. The number of fused-ring (bicyclic) bond motifs is 1. The molecule has 104 valence electrons. The van der Waals surface area contributed by atoms with Crippen molar-refractivity contribution < 1.29 is 4.74 Å². The van der Waals surface area contributed by atoms with Crippen LogP contribution >= 0.6 is 0 Å². The van der Waals surface area contributed by atoms with E-state index in [2.05, 4.69) is 24.0 Å². The summed E-state index contributed by atoms with van der Waals surface area (Å²) >= 11 is 0.